The average molecular weight is 240 g/mol. The maximum atomic E-state index is 9.06. The molecule has 0 fully saturated rings. The normalized spacial score (nSPS) is 10.3. The van der Waals surface area contributed by atoms with Crippen LogP contribution in [0, 0.1) is 18.3 Å². The van der Waals surface area contributed by atoms with E-state index in [4.69, 9.17) is 5.26 Å². The molecule has 0 amide bonds. The van der Waals surface area contributed by atoms with Crippen molar-refractivity contribution in [3.05, 3.63) is 41.2 Å². The van der Waals surface area contributed by atoms with Crippen molar-refractivity contribution < 1.29 is 0 Å². The van der Waals surface area contributed by atoms with E-state index in [1.54, 1.807) is 4.68 Å². The summed E-state index contributed by atoms with van der Waals surface area (Å²) in [6, 6.07) is 10.2. The van der Waals surface area contributed by atoms with Crippen LogP contribution in [-0.2, 0) is 6.42 Å². The zero-order chi connectivity index (χ0) is 13.0. The fourth-order valence-corrected chi connectivity index (χ4v) is 1.85. The van der Waals surface area contributed by atoms with Gasteiger partial charge in [0.05, 0.1) is 11.4 Å². The Labute approximate surface area is 107 Å². The maximum absolute atomic E-state index is 9.06. The summed E-state index contributed by atoms with van der Waals surface area (Å²) >= 11 is 0. The highest BCUT2D eigenvalue weighted by molar-refractivity contribution is 5.38. The van der Waals surface area contributed by atoms with Gasteiger partial charge in [0.1, 0.15) is 6.07 Å². The summed E-state index contributed by atoms with van der Waals surface area (Å²) in [5.41, 5.74) is 3.50. The molecule has 0 saturated heterocycles. The summed E-state index contributed by atoms with van der Waals surface area (Å²) in [7, 11) is 0. The topological polar surface area (TPSA) is 54.5 Å². The van der Waals surface area contributed by atoms with Gasteiger partial charge in [0.15, 0.2) is 5.69 Å². The third kappa shape index (κ3) is 2.40. The number of unbranched alkanes of at least 4 members (excludes halogenated alkanes) is 1. The van der Waals surface area contributed by atoms with Crippen LogP contribution in [-0.4, -0.2) is 15.0 Å². The summed E-state index contributed by atoms with van der Waals surface area (Å²) in [5.74, 6) is 0. The van der Waals surface area contributed by atoms with Crippen molar-refractivity contribution in [3.8, 4) is 11.8 Å². The Morgan fingerprint density at radius 3 is 2.61 bits per heavy atom. The first kappa shape index (κ1) is 12.3. The monoisotopic (exact) mass is 240 g/mol. The molecule has 0 atom stereocenters. The van der Waals surface area contributed by atoms with Crippen LogP contribution in [0.5, 0.6) is 0 Å². The second kappa shape index (κ2) is 5.46. The first-order valence-electron chi connectivity index (χ1n) is 6.18. The molecule has 4 heteroatoms. The number of rotatable bonds is 4. The van der Waals surface area contributed by atoms with E-state index in [1.165, 1.54) is 5.56 Å². The molecule has 0 bridgehead atoms. The average Bonchev–Trinajstić information content (AvgIpc) is 2.80. The quantitative estimate of drug-likeness (QED) is 0.825. The first-order valence-corrected chi connectivity index (χ1v) is 6.18. The van der Waals surface area contributed by atoms with Crippen LogP contribution in [0.25, 0.3) is 5.69 Å². The number of benzene rings is 1. The minimum absolute atomic E-state index is 0.434. The minimum Gasteiger partial charge on any atom is -0.216 e. The van der Waals surface area contributed by atoms with Crippen molar-refractivity contribution in [2.75, 3.05) is 0 Å². The number of hydrogen-bond donors (Lipinski definition) is 0. The number of hydrogen-bond acceptors (Lipinski definition) is 3. The zero-order valence-corrected chi connectivity index (χ0v) is 10.7. The van der Waals surface area contributed by atoms with Crippen molar-refractivity contribution in [2.45, 2.75) is 33.1 Å². The lowest BCUT2D eigenvalue weighted by molar-refractivity contribution is 0.715. The van der Waals surface area contributed by atoms with Crippen molar-refractivity contribution in [2.24, 2.45) is 0 Å². The molecule has 0 radical (unpaired) electrons. The van der Waals surface area contributed by atoms with Gasteiger partial charge in [-0.25, -0.2) is 4.68 Å². The predicted octanol–water partition coefficient (Wildman–Crippen LogP) is 2.79. The fraction of sp³-hybridized carbons (Fsp3) is 0.357. The molecule has 0 aliphatic heterocycles. The number of nitriles is 1. The Bertz CT molecular complexity index is 560. The van der Waals surface area contributed by atoms with Crippen LogP contribution < -0.4 is 0 Å². The molecule has 92 valence electrons. The zero-order valence-electron chi connectivity index (χ0n) is 10.7. The molecule has 1 aromatic carbocycles. The van der Waals surface area contributed by atoms with Gasteiger partial charge in [0.25, 0.3) is 0 Å². The van der Waals surface area contributed by atoms with Crippen LogP contribution in [0.15, 0.2) is 24.3 Å². The van der Waals surface area contributed by atoms with Crippen molar-refractivity contribution in [1.29, 1.82) is 5.26 Å². The first-order chi connectivity index (χ1) is 8.76. The highest BCUT2D eigenvalue weighted by Crippen LogP contribution is 2.15. The summed E-state index contributed by atoms with van der Waals surface area (Å²) in [4.78, 5) is 0. The highest BCUT2D eigenvalue weighted by Gasteiger charge is 2.13. The van der Waals surface area contributed by atoms with Gasteiger partial charge < -0.3 is 0 Å². The van der Waals surface area contributed by atoms with E-state index in [1.807, 2.05) is 31.2 Å². The van der Waals surface area contributed by atoms with Gasteiger partial charge in [-0.2, -0.15) is 5.26 Å². The van der Waals surface area contributed by atoms with E-state index in [0.717, 1.165) is 30.6 Å². The van der Waals surface area contributed by atoms with Gasteiger partial charge in [-0.15, -0.1) is 5.10 Å². The molecule has 0 unspecified atom stereocenters. The molecular formula is C14H16N4. The Kier molecular flexibility index (Phi) is 3.73. The summed E-state index contributed by atoms with van der Waals surface area (Å²) in [6.45, 7) is 4.18. The molecule has 0 N–H and O–H groups in total. The van der Waals surface area contributed by atoms with Gasteiger partial charge in [0, 0.05) is 0 Å². The SMILES string of the molecule is CCCCc1c(C#N)nnn1-c1ccc(C)cc1. The van der Waals surface area contributed by atoms with E-state index in [9.17, 15) is 0 Å². The third-order valence-electron chi connectivity index (χ3n) is 2.91. The summed E-state index contributed by atoms with van der Waals surface area (Å²) in [6.07, 6.45) is 2.96. The van der Waals surface area contributed by atoms with Crippen LogP contribution >= 0.6 is 0 Å². The largest absolute Gasteiger partial charge is 0.216 e. The van der Waals surface area contributed by atoms with Crippen LogP contribution in [0.1, 0.15) is 36.7 Å². The summed E-state index contributed by atoms with van der Waals surface area (Å²) < 4.78 is 1.77. The molecule has 0 spiro atoms. The molecule has 0 aliphatic rings. The van der Waals surface area contributed by atoms with E-state index >= 15 is 0 Å². The van der Waals surface area contributed by atoms with Gasteiger partial charge in [-0.05, 0) is 31.9 Å². The van der Waals surface area contributed by atoms with E-state index in [2.05, 4.69) is 23.3 Å². The molecule has 1 heterocycles. The van der Waals surface area contributed by atoms with E-state index < -0.39 is 0 Å². The smallest absolute Gasteiger partial charge is 0.186 e. The number of aromatic nitrogens is 3. The Morgan fingerprint density at radius 1 is 1.28 bits per heavy atom. The molecule has 0 saturated carbocycles. The number of aryl methyl sites for hydroxylation is 1. The van der Waals surface area contributed by atoms with E-state index in [-0.39, 0.29) is 0 Å². The minimum atomic E-state index is 0.434. The van der Waals surface area contributed by atoms with Gasteiger partial charge in [0.2, 0.25) is 0 Å². The molecule has 18 heavy (non-hydrogen) atoms. The van der Waals surface area contributed by atoms with Crippen LogP contribution in [0.4, 0.5) is 0 Å². The Hall–Kier alpha value is -2.15. The molecule has 2 aromatic rings. The van der Waals surface area contributed by atoms with Crippen molar-refractivity contribution in [1.82, 2.24) is 15.0 Å². The Morgan fingerprint density at radius 2 is 2.00 bits per heavy atom. The van der Waals surface area contributed by atoms with E-state index in [0.29, 0.717) is 5.69 Å². The second-order valence-electron chi connectivity index (χ2n) is 4.35. The highest BCUT2D eigenvalue weighted by atomic mass is 15.4. The molecular weight excluding hydrogens is 224 g/mol. The van der Waals surface area contributed by atoms with Gasteiger partial charge in [-0.3, -0.25) is 0 Å². The molecule has 2 rings (SSSR count). The van der Waals surface area contributed by atoms with Gasteiger partial charge >= 0.3 is 0 Å². The maximum Gasteiger partial charge on any atom is 0.186 e. The lowest BCUT2D eigenvalue weighted by atomic mass is 10.1. The predicted molar refractivity (Wildman–Crippen MR) is 69.4 cm³/mol. The number of nitrogens with zero attached hydrogens (tertiary/aromatic N) is 4. The standard InChI is InChI=1S/C14H16N4/c1-3-4-5-14-13(10-15)16-17-18(14)12-8-6-11(2)7-9-12/h6-9H,3-5H2,1-2H3. The summed E-state index contributed by atoms with van der Waals surface area (Å²) in [5, 5.41) is 17.1. The van der Waals surface area contributed by atoms with Crippen molar-refractivity contribution >= 4 is 0 Å². The second-order valence-corrected chi connectivity index (χ2v) is 4.35. The lowest BCUT2D eigenvalue weighted by Crippen LogP contribution is -2.03. The third-order valence-corrected chi connectivity index (χ3v) is 2.91. The Balaban J connectivity index is 2.41. The van der Waals surface area contributed by atoms with Crippen LogP contribution in [0.2, 0.25) is 0 Å². The van der Waals surface area contributed by atoms with Crippen molar-refractivity contribution in [3.63, 3.8) is 0 Å². The van der Waals surface area contributed by atoms with Crippen LogP contribution in [0.3, 0.4) is 0 Å². The fourth-order valence-electron chi connectivity index (χ4n) is 1.85. The van der Waals surface area contributed by atoms with Gasteiger partial charge in [-0.1, -0.05) is 36.3 Å². The molecule has 1 aromatic heterocycles. The molecule has 4 nitrogen and oxygen atoms in total. The molecule has 0 aliphatic carbocycles. The lowest BCUT2D eigenvalue weighted by Gasteiger charge is -2.06.